The van der Waals surface area contributed by atoms with Gasteiger partial charge in [-0.3, -0.25) is 0 Å². The fourth-order valence-electron chi connectivity index (χ4n) is 2.50. The van der Waals surface area contributed by atoms with Crippen molar-refractivity contribution in [3.05, 3.63) is 29.8 Å². The van der Waals surface area contributed by atoms with E-state index in [0.29, 0.717) is 6.10 Å². The van der Waals surface area contributed by atoms with Gasteiger partial charge in [-0.05, 0) is 18.1 Å². The molecular weight excluding hydrogens is 256 g/mol. The first kappa shape index (κ1) is 13.3. The van der Waals surface area contributed by atoms with Crippen LogP contribution in [0.4, 0.5) is 0 Å². The van der Waals surface area contributed by atoms with Crippen LogP contribution in [0.15, 0.2) is 24.3 Å². The van der Waals surface area contributed by atoms with Crippen molar-refractivity contribution in [2.75, 3.05) is 44.2 Å². The molecule has 0 saturated carbocycles. The number of nitrogens with zero attached hydrogens (tertiary/aromatic N) is 1. The molecule has 1 aromatic rings. The van der Waals surface area contributed by atoms with E-state index in [1.165, 1.54) is 18.7 Å². The number of nitrogens with one attached hydrogen (secondary N) is 1. The highest BCUT2D eigenvalue weighted by molar-refractivity contribution is 8.00. The van der Waals surface area contributed by atoms with Crippen molar-refractivity contribution in [2.45, 2.75) is 12.5 Å². The smallest absolute Gasteiger partial charge is 0.123 e. The number of hydrogen-bond donors (Lipinski definition) is 1. The Labute approximate surface area is 119 Å². The van der Waals surface area contributed by atoms with Crippen LogP contribution >= 0.6 is 11.8 Å². The molecule has 0 radical (unpaired) electrons. The van der Waals surface area contributed by atoms with E-state index in [-0.39, 0.29) is 0 Å². The van der Waals surface area contributed by atoms with Crippen LogP contribution in [0, 0.1) is 0 Å². The van der Waals surface area contributed by atoms with Crippen molar-refractivity contribution in [3.8, 4) is 5.75 Å². The van der Waals surface area contributed by atoms with Crippen LogP contribution in [0.3, 0.4) is 0 Å². The molecule has 0 unspecified atom stereocenters. The molecule has 2 aliphatic rings. The normalized spacial score (nSPS) is 21.1. The molecule has 0 spiro atoms. The van der Waals surface area contributed by atoms with E-state index in [4.69, 9.17) is 4.74 Å². The van der Waals surface area contributed by atoms with Gasteiger partial charge in [-0.2, -0.15) is 11.8 Å². The zero-order valence-electron chi connectivity index (χ0n) is 11.3. The number of benzene rings is 1. The highest BCUT2D eigenvalue weighted by Gasteiger charge is 2.21. The van der Waals surface area contributed by atoms with Gasteiger partial charge in [0.25, 0.3) is 0 Å². The summed E-state index contributed by atoms with van der Waals surface area (Å²) in [4.78, 5) is 2.53. The molecule has 19 heavy (non-hydrogen) atoms. The average molecular weight is 278 g/mol. The second-order valence-electron chi connectivity index (χ2n) is 5.23. The number of ether oxygens (including phenoxy) is 1. The van der Waals surface area contributed by atoms with Gasteiger partial charge in [0, 0.05) is 44.2 Å². The average Bonchev–Trinajstić information content (AvgIpc) is 2.43. The molecule has 0 amide bonds. The van der Waals surface area contributed by atoms with Crippen molar-refractivity contribution in [3.63, 3.8) is 0 Å². The summed E-state index contributed by atoms with van der Waals surface area (Å²) in [5.74, 6) is 3.39. The van der Waals surface area contributed by atoms with Gasteiger partial charge < -0.3 is 15.0 Å². The van der Waals surface area contributed by atoms with Crippen LogP contribution in [0.2, 0.25) is 0 Å². The van der Waals surface area contributed by atoms with Crippen LogP contribution in [0.25, 0.3) is 0 Å². The summed E-state index contributed by atoms with van der Waals surface area (Å²) in [5.41, 5.74) is 1.36. The monoisotopic (exact) mass is 278 g/mol. The van der Waals surface area contributed by atoms with Gasteiger partial charge in [0.1, 0.15) is 11.9 Å². The predicted molar refractivity (Wildman–Crippen MR) is 81.2 cm³/mol. The molecule has 3 rings (SSSR count). The topological polar surface area (TPSA) is 24.5 Å². The van der Waals surface area contributed by atoms with Gasteiger partial charge in [0.15, 0.2) is 0 Å². The van der Waals surface area contributed by atoms with Gasteiger partial charge >= 0.3 is 0 Å². The van der Waals surface area contributed by atoms with Crippen molar-refractivity contribution in [2.24, 2.45) is 0 Å². The van der Waals surface area contributed by atoms with E-state index < -0.39 is 0 Å². The Kier molecular flexibility index (Phi) is 4.64. The Morgan fingerprint density at radius 2 is 2.00 bits per heavy atom. The summed E-state index contributed by atoms with van der Waals surface area (Å²) >= 11 is 1.97. The largest absolute Gasteiger partial charge is 0.488 e. The van der Waals surface area contributed by atoms with E-state index in [9.17, 15) is 0 Å². The fraction of sp³-hybridized carbons (Fsp3) is 0.600. The molecule has 3 nitrogen and oxygen atoms in total. The molecule has 2 fully saturated rings. The molecule has 4 heteroatoms. The van der Waals surface area contributed by atoms with E-state index in [2.05, 4.69) is 34.5 Å². The standard InChI is InChI=1S/C15H22N2OS/c1-2-4-15(18-14-11-19-12-14)13(3-1)5-8-17-9-6-16-7-10-17/h1-4,14,16H,5-12H2. The summed E-state index contributed by atoms with van der Waals surface area (Å²) < 4.78 is 6.07. The third kappa shape index (κ3) is 3.65. The molecule has 0 aromatic heterocycles. The van der Waals surface area contributed by atoms with E-state index in [1.54, 1.807) is 0 Å². The summed E-state index contributed by atoms with van der Waals surface area (Å²) in [6.45, 7) is 5.72. The van der Waals surface area contributed by atoms with Crippen molar-refractivity contribution < 1.29 is 4.74 Å². The first-order valence-electron chi connectivity index (χ1n) is 7.17. The van der Waals surface area contributed by atoms with Crippen molar-refractivity contribution in [1.29, 1.82) is 0 Å². The van der Waals surface area contributed by atoms with Crippen molar-refractivity contribution >= 4 is 11.8 Å². The Hall–Kier alpha value is -0.710. The fourth-order valence-corrected chi connectivity index (χ4v) is 3.06. The molecule has 0 atom stereocenters. The summed E-state index contributed by atoms with van der Waals surface area (Å²) in [6.07, 6.45) is 1.53. The van der Waals surface area contributed by atoms with E-state index in [0.717, 1.165) is 43.3 Å². The Bertz CT molecular complexity index is 403. The second kappa shape index (κ2) is 6.64. The molecule has 1 N–H and O–H groups in total. The maximum absolute atomic E-state index is 6.07. The van der Waals surface area contributed by atoms with Crippen LogP contribution in [-0.4, -0.2) is 55.2 Å². The van der Waals surface area contributed by atoms with Crippen LogP contribution in [0.1, 0.15) is 5.56 Å². The predicted octanol–water partition coefficient (Wildman–Crippen LogP) is 1.63. The maximum Gasteiger partial charge on any atom is 0.123 e. The molecule has 0 bridgehead atoms. The lowest BCUT2D eigenvalue weighted by molar-refractivity contribution is 0.229. The SMILES string of the molecule is c1ccc(OC2CSC2)c(CCN2CCNCC2)c1. The van der Waals surface area contributed by atoms with Gasteiger partial charge in [0.05, 0.1) is 0 Å². The lowest BCUT2D eigenvalue weighted by atomic mass is 10.1. The molecule has 2 saturated heterocycles. The summed E-state index contributed by atoms with van der Waals surface area (Å²) in [7, 11) is 0. The van der Waals surface area contributed by atoms with Crippen LogP contribution in [-0.2, 0) is 6.42 Å². The number of thioether (sulfide) groups is 1. The third-order valence-corrected chi connectivity index (χ3v) is 5.00. The molecular formula is C15H22N2OS. The Morgan fingerprint density at radius 3 is 2.74 bits per heavy atom. The zero-order chi connectivity index (χ0) is 12.9. The van der Waals surface area contributed by atoms with Crippen LogP contribution < -0.4 is 10.1 Å². The van der Waals surface area contributed by atoms with Crippen LogP contribution in [0.5, 0.6) is 5.75 Å². The first-order valence-corrected chi connectivity index (χ1v) is 8.33. The lowest BCUT2D eigenvalue weighted by Gasteiger charge is -2.29. The quantitative estimate of drug-likeness (QED) is 0.885. The summed E-state index contributed by atoms with van der Waals surface area (Å²) in [5, 5.41) is 3.40. The van der Waals surface area contributed by atoms with Gasteiger partial charge in [-0.15, -0.1) is 0 Å². The highest BCUT2D eigenvalue weighted by atomic mass is 32.2. The highest BCUT2D eigenvalue weighted by Crippen LogP contribution is 2.26. The van der Waals surface area contributed by atoms with Gasteiger partial charge in [-0.1, -0.05) is 18.2 Å². The molecule has 104 valence electrons. The minimum Gasteiger partial charge on any atom is -0.488 e. The number of hydrogen-bond acceptors (Lipinski definition) is 4. The zero-order valence-corrected chi connectivity index (χ0v) is 12.1. The molecule has 1 aromatic carbocycles. The van der Waals surface area contributed by atoms with Gasteiger partial charge in [0.2, 0.25) is 0 Å². The molecule has 0 aliphatic carbocycles. The molecule has 2 heterocycles. The lowest BCUT2D eigenvalue weighted by Crippen LogP contribution is -2.44. The van der Waals surface area contributed by atoms with Crippen molar-refractivity contribution in [1.82, 2.24) is 10.2 Å². The summed E-state index contributed by atoms with van der Waals surface area (Å²) in [6, 6.07) is 8.53. The third-order valence-electron chi connectivity index (χ3n) is 3.78. The minimum absolute atomic E-state index is 0.435. The Balaban J connectivity index is 1.56. The van der Waals surface area contributed by atoms with Gasteiger partial charge in [-0.25, -0.2) is 0 Å². The number of rotatable bonds is 5. The first-order chi connectivity index (χ1) is 9.42. The minimum atomic E-state index is 0.435. The second-order valence-corrected chi connectivity index (χ2v) is 6.30. The molecule has 2 aliphatic heterocycles. The Morgan fingerprint density at radius 1 is 1.21 bits per heavy atom. The van der Waals surface area contributed by atoms with E-state index >= 15 is 0 Å². The van der Waals surface area contributed by atoms with E-state index in [1.807, 2.05) is 11.8 Å². The maximum atomic E-state index is 6.07. The number of piperazine rings is 1. The number of para-hydroxylation sites is 1.